The van der Waals surface area contributed by atoms with Gasteiger partial charge in [0, 0.05) is 25.1 Å². The summed E-state index contributed by atoms with van der Waals surface area (Å²) in [4.78, 5) is 31.6. The van der Waals surface area contributed by atoms with Crippen molar-refractivity contribution in [1.29, 1.82) is 0 Å². The highest BCUT2D eigenvalue weighted by molar-refractivity contribution is 7.18. The normalized spacial score (nSPS) is 16.5. The van der Waals surface area contributed by atoms with E-state index in [0.717, 1.165) is 45.9 Å². The van der Waals surface area contributed by atoms with Crippen molar-refractivity contribution in [2.24, 2.45) is 0 Å². The Morgan fingerprint density at radius 1 is 1.14 bits per heavy atom. The fraction of sp³-hybridized carbons (Fsp3) is 0.318. The molecule has 0 bridgehead atoms. The number of thiazole rings is 1. The first-order valence-electron chi connectivity index (χ1n) is 9.61. The van der Waals surface area contributed by atoms with Crippen LogP contribution in [0.4, 0.5) is 5.69 Å². The van der Waals surface area contributed by atoms with E-state index in [0.29, 0.717) is 0 Å². The Hall–Kier alpha value is -2.73. The number of fused-ring (bicyclic) bond motifs is 1. The van der Waals surface area contributed by atoms with Crippen LogP contribution in [0, 0.1) is 6.92 Å². The van der Waals surface area contributed by atoms with Gasteiger partial charge in [-0.05, 0) is 44.0 Å². The topological polar surface area (TPSA) is 62.3 Å². The van der Waals surface area contributed by atoms with Crippen LogP contribution in [0.3, 0.4) is 0 Å². The third-order valence-electron chi connectivity index (χ3n) is 5.07. The van der Waals surface area contributed by atoms with Crippen LogP contribution in [0.15, 0.2) is 48.5 Å². The number of para-hydroxylation sites is 1. The van der Waals surface area contributed by atoms with Crippen LogP contribution in [0.25, 0.3) is 10.2 Å². The zero-order valence-corrected chi connectivity index (χ0v) is 16.7. The lowest BCUT2D eigenvalue weighted by Gasteiger charge is -2.23. The van der Waals surface area contributed by atoms with Gasteiger partial charge in [-0.3, -0.25) is 9.59 Å². The largest absolute Gasteiger partial charge is 0.333 e. The number of amides is 2. The van der Waals surface area contributed by atoms with Gasteiger partial charge in [0.1, 0.15) is 5.01 Å². The maximum absolute atomic E-state index is 12.8. The van der Waals surface area contributed by atoms with Gasteiger partial charge >= 0.3 is 0 Å². The van der Waals surface area contributed by atoms with Gasteiger partial charge in [-0.15, -0.1) is 11.3 Å². The number of nitrogens with one attached hydrogen (secondary N) is 1. The molecule has 0 unspecified atom stereocenters. The second-order valence-corrected chi connectivity index (χ2v) is 8.24. The number of aromatic nitrogens is 1. The average Bonchev–Trinajstić information content (AvgIpc) is 3.34. The van der Waals surface area contributed by atoms with Crippen LogP contribution in [-0.4, -0.2) is 28.2 Å². The minimum Gasteiger partial charge on any atom is -0.333 e. The van der Waals surface area contributed by atoms with Gasteiger partial charge in [-0.2, -0.15) is 0 Å². The van der Waals surface area contributed by atoms with Crippen LogP contribution in [0.5, 0.6) is 0 Å². The number of carbonyl (C=O) groups excluding carboxylic acids is 2. The molecule has 0 spiro atoms. The molecular formula is C22H23N3O2S. The molecule has 2 heterocycles. The molecule has 1 aromatic heterocycles. The van der Waals surface area contributed by atoms with E-state index in [-0.39, 0.29) is 30.7 Å². The van der Waals surface area contributed by atoms with E-state index in [9.17, 15) is 9.59 Å². The summed E-state index contributed by atoms with van der Waals surface area (Å²) in [5, 5.41) is 3.85. The Bertz CT molecular complexity index is 963. The Balaban J connectivity index is 1.36. The second kappa shape index (κ2) is 8.10. The Labute approximate surface area is 168 Å². The predicted octanol–water partition coefficient (Wildman–Crippen LogP) is 4.69. The number of carbonyl (C=O) groups is 2. The molecule has 1 aliphatic heterocycles. The maximum atomic E-state index is 12.8. The fourth-order valence-electron chi connectivity index (χ4n) is 3.58. The summed E-state index contributed by atoms with van der Waals surface area (Å²) in [5.74, 6) is -0.103. The minimum atomic E-state index is -0.132. The Kier molecular flexibility index (Phi) is 5.39. The first kappa shape index (κ1) is 18.6. The van der Waals surface area contributed by atoms with Crippen molar-refractivity contribution in [3.8, 4) is 0 Å². The molecule has 1 atom stereocenters. The van der Waals surface area contributed by atoms with Gasteiger partial charge in [-0.25, -0.2) is 4.98 Å². The van der Waals surface area contributed by atoms with E-state index in [2.05, 4.69) is 11.4 Å². The van der Waals surface area contributed by atoms with Gasteiger partial charge in [0.25, 0.3) is 0 Å². The van der Waals surface area contributed by atoms with Crippen molar-refractivity contribution in [1.82, 2.24) is 9.88 Å². The lowest BCUT2D eigenvalue weighted by Crippen LogP contribution is -2.31. The molecule has 1 aliphatic rings. The van der Waals surface area contributed by atoms with Gasteiger partial charge in [0.05, 0.1) is 16.3 Å². The number of aryl methyl sites for hydroxylation is 1. The minimum absolute atomic E-state index is 0.0285. The molecule has 0 radical (unpaired) electrons. The summed E-state index contributed by atoms with van der Waals surface area (Å²) in [6, 6.07) is 15.7. The van der Waals surface area contributed by atoms with E-state index in [1.165, 1.54) is 0 Å². The van der Waals surface area contributed by atoms with Gasteiger partial charge in [-0.1, -0.05) is 29.8 Å². The lowest BCUT2D eigenvalue weighted by atomic mass is 10.2. The number of likely N-dealkylation sites (tertiary alicyclic amines) is 1. The van der Waals surface area contributed by atoms with Crippen molar-refractivity contribution >= 4 is 39.1 Å². The van der Waals surface area contributed by atoms with E-state index >= 15 is 0 Å². The molecular weight excluding hydrogens is 370 g/mol. The van der Waals surface area contributed by atoms with Crippen LogP contribution < -0.4 is 5.32 Å². The Morgan fingerprint density at radius 3 is 2.71 bits per heavy atom. The number of benzene rings is 2. The van der Waals surface area contributed by atoms with Crippen molar-refractivity contribution < 1.29 is 9.59 Å². The highest BCUT2D eigenvalue weighted by Gasteiger charge is 2.32. The third kappa shape index (κ3) is 4.07. The first-order valence-corrected chi connectivity index (χ1v) is 10.4. The predicted molar refractivity (Wildman–Crippen MR) is 112 cm³/mol. The van der Waals surface area contributed by atoms with Crippen molar-refractivity contribution in [3.05, 3.63) is 59.1 Å². The molecule has 0 saturated carbocycles. The van der Waals surface area contributed by atoms with E-state index in [1.54, 1.807) is 11.3 Å². The van der Waals surface area contributed by atoms with Crippen LogP contribution in [0.1, 0.15) is 42.3 Å². The molecule has 2 aromatic carbocycles. The van der Waals surface area contributed by atoms with Gasteiger partial charge < -0.3 is 10.2 Å². The summed E-state index contributed by atoms with van der Waals surface area (Å²) in [6.45, 7) is 2.74. The molecule has 0 aliphatic carbocycles. The molecule has 2 amide bonds. The second-order valence-electron chi connectivity index (χ2n) is 7.18. The smallest absolute Gasteiger partial charge is 0.224 e. The van der Waals surface area contributed by atoms with Crippen LogP contribution in [0.2, 0.25) is 0 Å². The van der Waals surface area contributed by atoms with Gasteiger partial charge in [0.2, 0.25) is 11.8 Å². The average molecular weight is 394 g/mol. The molecule has 1 saturated heterocycles. The highest BCUT2D eigenvalue weighted by Crippen LogP contribution is 2.36. The van der Waals surface area contributed by atoms with E-state index in [1.807, 2.05) is 54.3 Å². The number of nitrogens with zero attached hydrogens (tertiary/aromatic N) is 2. The zero-order valence-electron chi connectivity index (χ0n) is 15.9. The SMILES string of the molecule is Cc1ccc(NC(=O)CCC(=O)N2CCC[C@H]2c2nc3ccccc3s2)cc1. The highest BCUT2D eigenvalue weighted by atomic mass is 32.1. The third-order valence-corrected chi connectivity index (χ3v) is 6.21. The van der Waals surface area contributed by atoms with E-state index in [4.69, 9.17) is 4.98 Å². The molecule has 3 aromatic rings. The molecule has 6 heteroatoms. The molecule has 4 rings (SSSR count). The van der Waals surface area contributed by atoms with Gasteiger partial charge in [0.15, 0.2) is 0 Å². The van der Waals surface area contributed by atoms with E-state index < -0.39 is 0 Å². The summed E-state index contributed by atoms with van der Waals surface area (Å²) in [7, 11) is 0. The van der Waals surface area contributed by atoms with Crippen LogP contribution in [-0.2, 0) is 9.59 Å². The summed E-state index contributed by atoms with van der Waals surface area (Å²) in [5.41, 5.74) is 2.89. The quantitative estimate of drug-likeness (QED) is 0.684. The molecule has 28 heavy (non-hydrogen) atoms. The first-order chi connectivity index (χ1) is 13.6. The number of hydrogen-bond donors (Lipinski definition) is 1. The maximum Gasteiger partial charge on any atom is 0.224 e. The zero-order chi connectivity index (χ0) is 19.5. The van der Waals surface area contributed by atoms with Crippen LogP contribution >= 0.6 is 11.3 Å². The standard InChI is InChI=1S/C22H23N3O2S/c1-15-8-10-16(11-9-15)23-20(26)12-13-21(27)25-14-4-6-18(25)22-24-17-5-2-3-7-19(17)28-22/h2-3,5,7-11,18H,4,6,12-14H2,1H3,(H,23,26)/t18-/m0/s1. The lowest BCUT2D eigenvalue weighted by molar-refractivity contribution is -0.133. The monoisotopic (exact) mass is 393 g/mol. The number of hydrogen-bond acceptors (Lipinski definition) is 4. The molecule has 5 nitrogen and oxygen atoms in total. The summed E-state index contributed by atoms with van der Waals surface area (Å²) in [6.07, 6.45) is 2.32. The van der Waals surface area contributed by atoms with Crippen molar-refractivity contribution in [2.45, 2.75) is 38.6 Å². The summed E-state index contributed by atoms with van der Waals surface area (Å²) < 4.78 is 1.15. The number of rotatable bonds is 5. The Morgan fingerprint density at radius 2 is 1.93 bits per heavy atom. The molecule has 144 valence electrons. The van der Waals surface area contributed by atoms with Crippen molar-refractivity contribution in [3.63, 3.8) is 0 Å². The number of anilines is 1. The summed E-state index contributed by atoms with van der Waals surface area (Å²) >= 11 is 1.66. The fourth-order valence-corrected chi connectivity index (χ4v) is 4.69. The molecule has 1 fully saturated rings. The van der Waals surface area contributed by atoms with Crippen molar-refractivity contribution in [2.75, 3.05) is 11.9 Å². The molecule has 1 N–H and O–H groups in total.